The smallest absolute Gasteiger partial charge is 0.255 e. The average Bonchev–Trinajstić information content (AvgIpc) is 2.66. The number of carbonyl (C=O) groups excluding carboxylic acids is 2. The fourth-order valence-electron chi connectivity index (χ4n) is 2.63. The van der Waals surface area contributed by atoms with E-state index in [4.69, 9.17) is 0 Å². The molecule has 0 aliphatic carbocycles. The Morgan fingerprint density at radius 2 is 1.52 bits per heavy atom. The molecule has 2 aromatic carbocycles. The molecule has 0 bridgehead atoms. The summed E-state index contributed by atoms with van der Waals surface area (Å²) in [4.78, 5) is 26.2. The lowest BCUT2D eigenvalue weighted by molar-refractivity contribution is -0.895. The third-order valence-corrected chi connectivity index (χ3v) is 4.22. The van der Waals surface area contributed by atoms with E-state index in [0.29, 0.717) is 23.4 Å². The number of quaternary nitrogens is 1. The number of anilines is 1. The van der Waals surface area contributed by atoms with Crippen LogP contribution >= 0.6 is 0 Å². The largest absolute Gasteiger partial charge is 0.346 e. The van der Waals surface area contributed by atoms with E-state index in [1.807, 2.05) is 18.2 Å². The number of hydrogen-bond donors (Lipinski definition) is 3. The van der Waals surface area contributed by atoms with Gasteiger partial charge in [0.1, 0.15) is 0 Å². The molecule has 0 heterocycles. The number of nitrogens with one attached hydrogen (secondary N) is 3. The number of amides is 2. The second-order valence-electron chi connectivity index (χ2n) is 5.83. The molecule has 0 spiro atoms. The molecule has 2 amide bonds. The molecule has 0 aliphatic rings. The van der Waals surface area contributed by atoms with Gasteiger partial charge in [-0.15, -0.1) is 0 Å². The van der Waals surface area contributed by atoms with E-state index in [1.54, 1.807) is 36.4 Å². The average molecular weight is 340 g/mol. The van der Waals surface area contributed by atoms with Gasteiger partial charge in [-0.05, 0) is 38.1 Å². The minimum atomic E-state index is -0.228. The molecule has 2 aromatic rings. The molecule has 0 unspecified atom stereocenters. The zero-order valence-corrected chi connectivity index (χ0v) is 14.8. The maximum atomic E-state index is 12.5. The van der Waals surface area contributed by atoms with E-state index in [9.17, 15) is 9.59 Å². The van der Waals surface area contributed by atoms with Gasteiger partial charge in [0.05, 0.1) is 37.4 Å². The van der Waals surface area contributed by atoms with E-state index < -0.39 is 0 Å². The second kappa shape index (κ2) is 9.59. The Morgan fingerprint density at radius 3 is 2.20 bits per heavy atom. The molecule has 2 rings (SSSR count). The van der Waals surface area contributed by atoms with Crippen LogP contribution < -0.4 is 15.5 Å². The van der Waals surface area contributed by atoms with Crippen molar-refractivity contribution in [2.45, 2.75) is 13.8 Å². The van der Waals surface area contributed by atoms with Crippen LogP contribution in [-0.4, -0.2) is 38.0 Å². The van der Waals surface area contributed by atoms with Gasteiger partial charge in [-0.3, -0.25) is 9.59 Å². The zero-order chi connectivity index (χ0) is 18.1. The van der Waals surface area contributed by atoms with Gasteiger partial charge in [0, 0.05) is 5.56 Å². The van der Waals surface area contributed by atoms with Crippen LogP contribution in [0.15, 0.2) is 54.6 Å². The first-order valence-corrected chi connectivity index (χ1v) is 8.72. The summed E-state index contributed by atoms with van der Waals surface area (Å²) >= 11 is 0. The highest BCUT2D eigenvalue weighted by Gasteiger charge is 2.14. The van der Waals surface area contributed by atoms with Crippen LogP contribution in [0.4, 0.5) is 5.69 Å². The van der Waals surface area contributed by atoms with Crippen molar-refractivity contribution in [1.82, 2.24) is 5.32 Å². The molecule has 0 aliphatic heterocycles. The van der Waals surface area contributed by atoms with Gasteiger partial charge in [0.2, 0.25) is 0 Å². The maximum absolute atomic E-state index is 12.5. The van der Waals surface area contributed by atoms with Crippen LogP contribution in [0.5, 0.6) is 0 Å². The molecular formula is C20H26N3O2+. The summed E-state index contributed by atoms with van der Waals surface area (Å²) in [5, 5.41) is 5.76. The van der Waals surface area contributed by atoms with Crippen LogP contribution in [0, 0.1) is 0 Å². The first kappa shape index (κ1) is 18.7. The van der Waals surface area contributed by atoms with Crippen molar-refractivity contribution in [2.24, 2.45) is 0 Å². The molecule has 0 atom stereocenters. The third kappa shape index (κ3) is 5.43. The number of para-hydroxylation sites is 1. The van der Waals surface area contributed by atoms with Crippen LogP contribution in [0.2, 0.25) is 0 Å². The summed E-state index contributed by atoms with van der Waals surface area (Å²) in [6, 6.07) is 16.0. The Morgan fingerprint density at radius 1 is 0.880 bits per heavy atom. The normalized spacial score (nSPS) is 10.5. The van der Waals surface area contributed by atoms with Gasteiger partial charge in [0.25, 0.3) is 11.8 Å². The fourth-order valence-corrected chi connectivity index (χ4v) is 2.63. The standard InChI is InChI=1S/C20H25N3O2/c1-3-23(4-2)15-14-21-20(25)17-12-8-9-13-18(17)22-19(24)16-10-6-5-7-11-16/h5-13H,3-4,14-15H2,1-2H3,(H,21,25)(H,22,24)/p+1. The molecule has 0 fully saturated rings. The maximum Gasteiger partial charge on any atom is 0.255 e. The quantitative estimate of drug-likeness (QED) is 0.683. The van der Waals surface area contributed by atoms with E-state index in [2.05, 4.69) is 24.5 Å². The van der Waals surface area contributed by atoms with Crippen LogP contribution in [-0.2, 0) is 0 Å². The minimum absolute atomic E-state index is 0.171. The van der Waals surface area contributed by atoms with Crippen LogP contribution in [0.1, 0.15) is 34.6 Å². The van der Waals surface area contributed by atoms with E-state index in [0.717, 1.165) is 19.6 Å². The van der Waals surface area contributed by atoms with Crippen molar-refractivity contribution < 1.29 is 14.5 Å². The van der Waals surface area contributed by atoms with Gasteiger partial charge in [-0.2, -0.15) is 0 Å². The highest BCUT2D eigenvalue weighted by Crippen LogP contribution is 2.16. The second-order valence-corrected chi connectivity index (χ2v) is 5.83. The first-order chi connectivity index (χ1) is 12.2. The summed E-state index contributed by atoms with van der Waals surface area (Å²) in [5.74, 6) is -0.399. The van der Waals surface area contributed by atoms with Crippen molar-refractivity contribution in [3.05, 3.63) is 65.7 Å². The summed E-state index contributed by atoms with van der Waals surface area (Å²) in [6.45, 7) is 7.84. The molecule has 0 saturated heterocycles. The Kier molecular flexibility index (Phi) is 7.16. The molecule has 0 radical (unpaired) electrons. The monoisotopic (exact) mass is 340 g/mol. The number of likely N-dealkylation sites (N-methyl/N-ethyl adjacent to an activating group) is 1. The first-order valence-electron chi connectivity index (χ1n) is 8.72. The number of benzene rings is 2. The Hall–Kier alpha value is -2.66. The molecule has 5 heteroatoms. The molecular weight excluding hydrogens is 314 g/mol. The summed E-state index contributed by atoms with van der Waals surface area (Å²) in [7, 11) is 0. The van der Waals surface area contributed by atoms with Gasteiger partial charge in [-0.25, -0.2) is 0 Å². The minimum Gasteiger partial charge on any atom is -0.346 e. The lowest BCUT2D eigenvalue weighted by atomic mass is 10.1. The fraction of sp³-hybridized carbons (Fsp3) is 0.300. The van der Waals surface area contributed by atoms with Crippen molar-refractivity contribution >= 4 is 17.5 Å². The van der Waals surface area contributed by atoms with Crippen LogP contribution in [0.25, 0.3) is 0 Å². The molecule has 5 nitrogen and oxygen atoms in total. The number of rotatable bonds is 8. The predicted octanol–water partition coefficient (Wildman–Crippen LogP) is 1.59. The summed E-state index contributed by atoms with van der Waals surface area (Å²) in [5.41, 5.74) is 1.55. The SMILES string of the molecule is CC[NH+](CC)CCNC(=O)c1ccccc1NC(=O)c1ccccc1. The summed E-state index contributed by atoms with van der Waals surface area (Å²) < 4.78 is 0. The highest BCUT2D eigenvalue weighted by molar-refractivity contribution is 6.08. The zero-order valence-electron chi connectivity index (χ0n) is 14.8. The van der Waals surface area contributed by atoms with Gasteiger partial charge in [-0.1, -0.05) is 30.3 Å². The Labute approximate surface area is 149 Å². The molecule has 132 valence electrons. The Bertz CT molecular complexity index is 697. The summed E-state index contributed by atoms with van der Waals surface area (Å²) in [6.07, 6.45) is 0. The lowest BCUT2D eigenvalue weighted by Crippen LogP contribution is -3.12. The molecule has 0 saturated carbocycles. The van der Waals surface area contributed by atoms with Gasteiger partial charge < -0.3 is 15.5 Å². The van der Waals surface area contributed by atoms with E-state index >= 15 is 0 Å². The van der Waals surface area contributed by atoms with Crippen molar-refractivity contribution in [1.29, 1.82) is 0 Å². The topological polar surface area (TPSA) is 62.6 Å². The molecule has 3 N–H and O–H groups in total. The van der Waals surface area contributed by atoms with Gasteiger partial charge >= 0.3 is 0 Å². The predicted molar refractivity (Wildman–Crippen MR) is 100 cm³/mol. The van der Waals surface area contributed by atoms with E-state index in [-0.39, 0.29) is 11.8 Å². The third-order valence-electron chi connectivity index (χ3n) is 4.22. The van der Waals surface area contributed by atoms with Gasteiger partial charge in [0.15, 0.2) is 0 Å². The van der Waals surface area contributed by atoms with E-state index in [1.165, 1.54) is 4.90 Å². The van der Waals surface area contributed by atoms with Crippen molar-refractivity contribution in [3.8, 4) is 0 Å². The Balaban J connectivity index is 2.02. The van der Waals surface area contributed by atoms with Crippen molar-refractivity contribution in [3.63, 3.8) is 0 Å². The molecule has 0 aromatic heterocycles. The highest BCUT2D eigenvalue weighted by atomic mass is 16.2. The number of hydrogen-bond acceptors (Lipinski definition) is 2. The van der Waals surface area contributed by atoms with Crippen molar-refractivity contribution in [2.75, 3.05) is 31.5 Å². The lowest BCUT2D eigenvalue weighted by Gasteiger charge is -2.16. The molecule has 25 heavy (non-hydrogen) atoms. The van der Waals surface area contributed by atoms with Crippen LogP contribution in [0.3, 0.4) is 0 Å². The number of carbonyl (C=O) groups is 2.